The van der Waals surface area contributed by atoms with Crippen molar-refractivity contribution in [3.05, 3.63) is 53.7 Å². The van der Waals surface area contributed by atoms with Crippen LogP contribution in [-0.2, 0) is 15.8 Å². The van der Waals surface area contributed by atoms with Gasteiger partial charge in [0.2, 0.25) is 0 Å². The summed E-state index contributed by atoms with van der Waals surface area (Å²) in [7, 11) is 0. The molecule has 0 atom stereocenters. The summed E-state index contributed by atoms with van der Waals surface area (Å²) in [6.45, 7) is 1.58. The number of anilines is 2. The monoisotopic (exact) mass is 431 g/mol. The molecule has 0 spiro atoms. The molecule has 2 aromatic rings. The van der Waals surface area contributed by atoms with Gasteiger partial charge in [0.1, 0.15) is 11.9 Å². The number of hydrogen-bond acceptors (Lipinski definition) is 5. The summed E-state index contributed by atoms with van der Waals surface area (Å²) in [5, 5.41) is 13.9. The standard InChI is InChI=1S/C21H20F3N5O2/c22-21(23,24)16-4-1-5-17(11-16)28-20(31)19(30)27-13-14-6-9-29(10-7-14)18-15(12-25)3-2-8-26-18/h1-5,8,11,14H,6-7,9-10,13H2,(H,27,30)(H,28,31). The van der Waals surface area contributed by atoms with Crippen LogP contribution in [0.1, 0.15) is 24.0 Å². The maximum Gasteiger partial charge on any atom is 0.416 e. The summed E-state index contributed by atoms with van der Waals surface area (Å²) in [4.78, 5) is 30.3. The SMILES string of the molecule is N#Cc1cccnc1N1CCC(CNC(=O)C(=O)Nc2cccc(C(F)(F)F)c2)CC1. The molecule has 3 rings (SSSR count). The van der Waals surface area contributed by atoms with Crippen molar-refractivity contribution in [1.82, 2.24) is 10.3 Å². The second-order valence-corrected chi connectivity index (χ2v) is 7.16. The summed E-state index contributed by atoms with van der Waals surface area (Å²) in [5.74, 6) is -1.16. The average molecular weight is 431 g/mol. The zero-order chi connectivity index (χ0) is 22.4. The predicted molar refractivity (Wildman–Crippen MR) is 107 cm³/mol. The Morgan fingerprint density at radius 3 is 2.58 bits per heavy atom. The van der Waals surface area contributed by atoms with E-state index in [2.05, 4.69) is 21.7 Å². The number of piperidine rings is 1. The van der Waals surface area contributed by atoms with Crippen LogP contribution < -0.4 is 15.5 Å². The lowest BCUT2D eigenvalue weighted by molar-refractivity contribution is -0.137. The number of pyridine rings is 1. The van der Waals surface area contributed by atoms with Crippen LogP contribution in [-0.4, -0.2) is 36.4 Å². The minimum Gasteiger partial charge on any atom is -0.356 e. The number of amides is 2. The van der Waals surface area contributed by atoms with E-state index >= 15 is 0 Å². The summed E-state index contributed by atoms with van der Waals surface area (Å²) >= 11 is 0. The van der Waals surface area contributed by atoms with E-state index in [1.165, 1.54) is 6.07 Å². The average Bonchev–Trinajstić information content (AvgIpc) is 2.77. The molecule has 2 N–H and O–H groups in total. The molecule has 0 saturated carbocycles. The fraction of sp³-hybridized carbons (Fsp3) is 0.333. The van der Waals surface area contributed by atoms with E-state index in [-0.39, 0.29) is 18.2 Å². The van der Waals surface area contributed by atoms with Gasteiger partial charge in [-0.3, -0.25) is 9.59 Å². The molecule has 1 saturated heterocycles. The lowest BCUT2D eigenvalue weighted by Gasteiger charge is -2.33. The van der Waals surface area contributed by atoms with E-state index < -0.39 is 23.6 Å². The van der Waals surface area contributed by atoms with Gasteiger partial charge in [-0.25, -0.2) is 4.98 Å². The lowest BCUT2D eigenvalue weighted by atomic mass is 9.96. The van der Waals surface area contributed by atoms with Crippen LogP contribution in [0.25, 0.3) is 0 Å². The molecule has 1 aliphatic heterocycles. The van der Waals surface area contributed by atoms with Crippen molar-refractivity contribution >= 4 is 23.3 Å². The molecule has 0 radical (unpaired) electrons. The van der Waals surface area contributed by atoms with E-state index in [9.17, 15) is 28.0 Å². The fourth-order valence-corrected chi connectivity index (χ4v) is 3.36. The molecule has 0 bridgehead atoms. The first-order valence-corrected chi connectivity index (χ1v) is 9.64. The van der Waals surface area contributed by atoms with Crippen LogP contribution in [0.15, 0.2) is 42.6 Å². The second-order valence-electron chi connectivity index (χ2n) is 7.16. The van der Waals surface area contributed by atoms with Gasteiger partial charge in [-0.1, -0.05) is 6.07 Å². The highest BCUT2D eigenvalue weighted by Crippen LogP contribution is 2.30. The third-order valence-corrected chi connectivity index (χ3v) is 5.03. The van der Waals surface area contributed by atoms with Crippen LogP contribution in [0, 0.1) is 17.2 Å². The van der Waals surface area contributed by atoms with Gasteiger partial charge in [-0.2, -0.15) is 18.4 Å². The minimum atomic E-state index is -4.54. The topological polar surface area (TPSA) is 98.1 Å². The first-order chi connectivity index (χ1) is 14.8. The number of nitrogens with one attached hydrogen (secondary N) is 2. The second kappa shape index (κ2) is 9.47. The Balaban J connectivity index is 1.47. The third-order valence-electron chi connectivity index (χ3n) is 5.03. The maximum atomic E-state index is 12.8. The molecule has 162 valence electrons. The van der Waals surface area contributed by atoms with Crippen molar-refractivity contribution in [2.45, 2.75) is 19.0 Å². The summed E-state index contributed by atoms with van der Waals surface area (Å²) in [6, 6.07) is 9.62. The molecule has 2 amide bonds. The van der Waals surface area contributed by atoms with Crippen molar-refractivity contribution < 1.29 is 22.8 Å². The van der Waals surface area contributed by atoms with E-state index in [0.29, 0.717) is 24.5 Å². The Labute approximate surface area is 176 Å². The highest BCUT2D eigenvalue weighted by Gasteiger charge is 2.30. The van der Waals surface area contributed by atoms with Gasteiger partial charge in [0.05, 0.1) is 11.1 Å². The molecule has 1 aromatic heterocycles. The van der Waals surface area contributed by atoms with Gasteiger partial charge in [0, 0.05) is 31.5 Å². The zero-order valence-electron chi connectivity index (χ0n) is 16.4. The number of halogens is 3. The number of nitrogens with zero attached hydrogens (tertiary/aromatic N) is 3. The maximum absolute atomic E-state index is 12.8. The van der Waals surface area contributed by atoms with Crippen molar-refractivity contribution in [2.75, 3.05) is 29.9 Å². The minimum absolute atomic E-state index is 0.105. The smallest absolute Gasteiger partial charge is 0.356 e. The summed E-state index contributed by atoms with van der Waals surface area (Å²) < 4.78 is 38.3. The van der Waals surface area contributed by atoms with E-state index in [4.69, 9.17) is 0 Å². The molecule has 0 unspecified atom stereocenters. The summed E-state index contributed by atoms with van der Waals surface area (Å²) in [5.41, 5.74) is -0.516. The fourth-order valence-electron chi connectivity index (χ4n) is 3.36. The summed E-state index contributed by atoms with van der Waals surface area (Å²) in [6.07, 6.45) is -1.44. The van der Waals surface area contributed by atoms with Crippen LogP contribution in [0.4, 0.5) is 24.7 Å². The van der Waals surface area contributed by atoms with Gasteiger partial charge in [0.15, 0.2) is 0 Å². The number of aromatic nitrogens is 1. The Bertz CT molecular complexity index is 995. The Morgan fingerprint density at radius 1 is 1.16 bits per heavy atom. The third kappa shape index (κ3) is 5.72. The molecule has 2 heterocycles. The molecular formula is C21H20F3N5O2. The number of hydrogen-bond donors (Lipinski definition) is 2. The van der Waals surface area contributed by atoms with Crippen molar-refractivity contribution in [3.63, 3.8) is 0 Å². The van der Waals surface area contributed by atoms with E-state index in [1.54, 1.807) is 18.3 Å². The van der Waals surface area contributed by atoms with Gasteiger partial charge in [-0.05, 0) is 49.1 Å². The molecule has 7 nitrogen and oxygen atoms in total. The van der Waals surface area contributed by atoms with Gasteiger partial charge < -0.3 is 15.5 Å². The van der Waals surface area contributed by atoms with Crippen molar-refractivity contribution in [1.29, 1.82) is 5.26 Å². The quantitative estimate of drug-likeness (QED) is 0.726. The van der Waals surface area contributed by atoms with Crippen LogP contribution in [0.3, 0.4) is 0 Å². The highest BCUT2D eigenvalue weighted by molar-refractivity contribution is 6.39. The normalized spacial score (nSPS) is 14.6. The van der Waals surface area contributed by atoms with E-state index in [1.807, 2.05) is 4.90 Å². The Kier molecular flexibility index (Phi) is 6.74. The highest BCUT2D eigenvalue weighted by atomic mass is 19.4. The van der Waals surface area contributed by atoms with Gasteiger partial charge >= 0.3 is 18.0 Å². The largest absolute Gasteiger partial charge is 0.416 e. The first kappa shape index (κ1) is 22.1. The van der Waals surface area contributed by atoms with Gasteiger partial charge in [0.25, 0.3) is 0 Å². The number of carbonyl (C=O) groups excluding carboxylic acids is 2. The number of nitriles is 1. The number of rotatable bonds is 4. The van der Waals surface area contributed by atoms with Crippen molar-refractivity contribution in [2.24, 2.45) is 5.92 Å². The van der Waals surface area contributed by atoms with E-state index in [0.717, 1.165) is 31.0 Å². The zero-order valence-corrected chi connectivity index (χ0v) is 16.4. The van der Waals surface area contributed by atoms with Crippen LogP contribution >= 0.6 is 0 Å². The molecule has 1 aromatic carbocycles. The molecule has 31 heavy (non-hydrogen) atoms. The molecule has 10 heteroatoms. The lowest BCUT2D eigenvalue weighted by Crippen LogP contribution is -2.42. The Hall–Kier alpha value is -3.61. The molecular weight excluding hydrogens is 411 g/mol. The molecule has 1 aliphatic rings. The number of alkyl halides is 3. The number of carbonyl (C=O) groups is 2. The Morgan fingerprint density at radius 2 is 1.90 bits per heavy atom. The predicted octanol–water partition coefficient (Wildman–Crippen LogP) is 2.94. The van der Waals surface area contributed by atoms with Crippen LogP contribution in [0.5, 0.6) is 0 Å². The van der Waals surface area contributed by atoms with Crippen LogP contribution in [0.2, 0.25) is 0 Å². The number of benzene rings is 1. The molecule has 1 fully saturated rings. The van der Waals surface area contributed by atoms with Crippen molar-refractivity contribution in [3.8, 4) is 6.07 Å². The molecule has 0 aliphatic carbocycles. The first-order valence-electron chi connectivity index (χ1n) is 9.64. The van der Waals surface area contributed by atoms with Gasteiger partial charge in [-0.15, -0.1) is 0 Å².